The molecule has 4 aromatic rings. The first-order valence-electron chi connectivity index (χ1n) is 6.19. The Morgan fingerprint density at radius 2 is 2.10 bits per heavy atom. The average Bonchev–Trinajstić information content (AvgIpc) is 3.06. The molecule has 0 saturated heterocycles. The van der Waals surface area contributed by atoms with Gasteiger partial charge in [-0.15, -0.1) is 0 Å². The van der Waals surface area contributed by atoms with E-state index >= 15 is 0 Å². The summed E-state index contributed by atoms with van der Waals surface area (Å²) >= 11 is 0. The number of rotatable bonds is 2. The molecule has 0 radical (unpaired) electrons. The first-order chi connectivity index (χ1) is 9.79. The van der Waals surface area contributed by atoms with E-state index in [9.17, 15) is 0 Å². The molecule has 0 aliphatic heterocycles. The first-order valence-corrected chi connectivity index (χ1v) is 6.19. The molecular weight excluding hydrogens is 254 g/mol. The fraction of sp³-hybridized carbons (Fsp3) is 0.0714. The number of benzene rings is 1. The molecule has 0 aliphatic carbocycles. The highest BCUT2D eigenvalue weighted by Gasteiger charge is 2.06. The molecule has 20 heavy (non-hydrogen) atoms. The van der Waals surface area contributed by atoms with E-state index in [4.69, 9.17) is 4.74 Å². The van der Waals surface area contributed by atoms with Gasteiger partial charge in [-0.3, -0.25) is 4.68 Å². The van der Waals surface area contributed by atoms with Crippen LogP contribution in [0.15, 0.2) is 42.9 Å². The summed E-state index contributed by atoms with van der Waals surface area (Å²) in [4.78, 5) is 11.7. The Morgan fingerprint density at radius 3 is 3.05 bits per heavy atom. The third kappa shape index (κ3) is 1.70. The van der Waals surface area contributed by atoms with Crippen LogP contribution >= 0.6 is 0 Å². The van der Waals surface area contributed by atoms with Crippen LogP contribution in [-0.4, -0.2) is 24.7 Å². The van der Waals surface area contributed by atoms with Crippen molar-refractivity contribution in [1.82, 2.24) is 24.7 Å². The standard InChI is InChI=1S/C14H11N5O/c1-19-13-10(8-17-19)7-16-14(18-13)20-11-2-3-12-9(6-11)4-5-15-12/h2-8,15H,1H3. The van der Waals surface area contributed by atoms with Crippen molar-refractivity contribution >= 4 is 21.9 Å². The monoisotopic (exact) mass is 265 g/mol. The summed E-state index contributed by atoms with van der Waals surface area (Å²) in [7, 11) is 1.84. The quantitative estimate of drug-likeness (QED) is 0.605. The van der Waals surface area contributed by atoms with Crippen molar-refractivity contribution in [1.29, 1.82) is 0 Å². The summed E-state index contributed by atoms with van der Waals surface area (Å²) in [6.45, 7) is 0. The molecule has 0 atom stereocenters. The summed E-state index contributed by atoms with van der Waals surface area (Å²) < 4.78 is 7.40. The molecule has 0 unspecified atom stereocenters. The van der Waals surface area contributed by atoms with Crippen LogP contribution in [0, 0.1) is 0 Å². The fourth-order valence-corrected chi connectivity index (χ4v) is 2.17. The van der Waals surface area contributed by atoms with E-state index in [0.717, 1.165) is 21.9 Å². The summed E-state index contributed by atoms with van der Waals surface area (Å²) in [6.07, 6.45) is 5.33. The minimum atomic E-state index is 0.316. The van der Waals surface area contributed by atoms with Gasteiger partial charge < -0.3 is 9.72 Å². The van der Waals surface area contributed by atoms with Gasteiger partial charge in [0.2, 0.25) is 0 Å². The highest BCUT2D eigenvalue weighted by atomic mass is 16.5. The first kappa shape index (κ1) is 11.0. The van der Waals surface area contributed by atoms with Gasteiger partial charge in [0.1, 0.15) is 5.75 Å². The van der Waals surface area contributed by atoms with Crippen LogP contribution in [0.2, 0.25) is 0 Å². The second-order valence-corrected chi connectivity index (χ2v) is 4.53. The van der Waals surface area contributed by atoms with Crippen molar-refractivity contribution in [2.75, 3.05) is 0 Å². The Hall–Kier alpha value is -2.89. The van der Waals surface area contributed by atoms with Crippen LogP contribution in [0.1, 0.15) is 0 Å². The SMILES string of the molecule is Cn1ncc2cnc(Oc3ccc4[nH]ccc4c3)nc21. The van der Waals surface area contributed by atoms with Gasteiger partial charge in [0.05, 0.1) is 11.6 Å². The average molecular weight is 265 g/mol. The summed E-state index contributed by atoms with van der Waals surface area (Å²) in [5, 5.41) is 6.11. The molecule has 0 spiro atoms. The van der Waals surface area contributed by atoms with Crippen molar-refractivity contribution in [2.45, 2.75) is 0 Å². The van der Waals surface area contributed by atoms with Crippen molar-refractivity contribution in [3.63, 3.8) is 0 Å². The topological polar surface area (TPSA) is 68.6 Å². The van der Waals surface area contributed by atoms with Gasteiger partial charge in [0, 0.05) is 30.3 Å². The maximum Gasteiger partial charge on any atom is 0.323 e. The number of fused-ring (bicyclic) bond motifs is 2. The van der Waals surface area contributed by atoms with Crippen LogP contribution in [0.5, 0.6) is 11.8 Å². The van der Waals surface area contributed by atoms with E-state index in [1.54, 1.807) is 17.1 Å². The largest absolute Gasteiger partial charge is 0.424 e. The van der Waals surface area contributed by atoms with Gasteiger partial charge >= 0.3 is 6.01 Å². The number of nitrogens with zero attached hydrogens (tertiary/aromatic N) is 4. The molecule has 0 fully saturated rings. The molecular formula is C14H11N5O. The normalized spacial score (nSPS) is 11.2. The number of ether oxygens (including phenoxy) is 1. The van der Waals surface area contributed by atoms with Crippen LogP contribution < -0.4 is 4.74 Å². The van der Waals surface area contributed by atoms with E-state index in [2.05, 4.69) is 20.1 Å². The predicted molar refractivity (Wildman–Crippen MR) is 74.7 cm³/mol. The Labute approximate surface area is 114 Å². The van der Waals surface area contributed by atoms with Gasteiger partial charge in [-0.25, -0.2) is 4.98 Å². The fourth-order valence-electron chi connectivity index (χ4n) is 2.17. The highest BCUT2D eigenvalue weighted by molar-refractivity contribution is 5.80. The van der Waals surface area contributed by atoms with Crippen LogP contribution in [0.25, 0.3) is 21.9 Å². The van der Waals surface area contributed by atoms with Crippen LogP contribution in [0.4, 0.5) is 0 Å². The molecule has 3 heterocycles. The predicted octanol–water partition coefficient (Wildman–Crippen LogP) is 2.64. The van der Waals surface area contributed by atoms with E-state index in [0.29, 0.717) is 11.8 Å². The molecule has 0 bridgehead atoms. The number of nitrogens with one attached hydrogen (secondary N) is 1. The number of hydrogen-bond acceptors (Lipinski definition) is 4. The van der Waals surface area contributed by atoms with Crippen molar-refractivity contribution in [2.24, 2.45) is 7.05 Å². The lowest BCUT2D eigenvalue weighted by Crippen LogP contribution is -1.96. The molecule has 0 saturated carbocycles. The third-order valence-corrected chi connectivity index (χ3v) is 3.18. The highest BCUT2D eigenvalue weighted by Crippen LogP contribution is 2.23. The summed E-state index contributed by atoms with van der Waals surface area (Å²) in [6, 6.07) is 8.11. The molecule has 4 rings (SSSR count). The second kappa shape index (κ2) is 4.06. The number of aryl methyl sites for hydroxylation is 1. The minimum absolute atomic E-state index is 0.316. The van der Waals surface area contributed by atoms with E-state index < -0.39 is 0 Å². The van der Waals surface area contributed by atoms with Gasteiger partial charge in [0.15, 0.2) is 5.65 Å². The lowest BCUT2D eigenvalue weighted by atomic mass is 10.2. The van der Waals surface area contributed by atoms with Gasteiger partial charge in [-0.1, -0.05) is 0 Å². The van der Waals surface area contributed by atoms with Gasteiger partial charge in [0.25, 0.3) is 0 Å². The lowest BCUT2D eigenvalue weighted by molar-refractivity contribution is 0.444. The molecule has 6 heteroatoms. The zero-order valence-electron chi connectivity index (χ0n) is 10.7. The van der Waals surface area contributed by atoms with E-state index in [1.165, 1.54) is 0 Å². The summed E-state index contributed by atoms with van der Waals surface area (Å²) in [5.41, 5.74) is 1.82. The number of aromatic amines is 1. The summed E-state index contributed by atoms with van der Waals surface area (Å²) in [5.74, 6) is 0.707. The third-order valence-electron chi connectivity index (χ3n) is 3.18. The van der Waals surface area contributed by atoms with Crippen molar-refractivity contribution < 1.29 is 4.74 Å². The molecule has 1 aromatic carbocycles. The maximum absolute atomic E-state index is 5.71. The number of H-pyrrole nitrogens is 1. The Balaban J connectivity index is 1.73. The zero-order valence-corrected chi connectivity index (χ0v) is 10.7. The smallest absolute Gasteiger partial charge is 0.323 e. The second-order valence-electron chi connectivity index (χ2n) is 4.53. The van der Waals surface area contributed by atoms with Crippen molar-refractivity contribution in [3.05, 3.63) is 42.9 Å². The Morgan fingerprint density at radius 1 is 1.15 bits per heavy atom. The minimum Gasteiger partial charge on any atom is -0.424 e. The van der Waals surface area contributed by atoms with E-state index in [-0.39, 0.29) is 0 Å². The van der Waals surface area contributed by atoms with E-state index in [1.807, 2.05) is 37.5 Å². The Bertz CT molecular complexity index is 908. The number of aromatic nitrogens is 5. The molecule has 6 nitrogen and oxygen atoms in total. The van der Waals surface area contributed by atoms with Gasteiger partial charge in [-0.05, 0) is 24.3 Å². The zero-order chi connectivity index (χ0) is 13.5. The molecule has 0 aliphatic rings. The molecule has 3 aromatic heterocycles. The Kier molecular flexibility index (Phi) is 2.23. The molecule has 0 amide bonds. The van der Waals surface area contributed by atoms with Crippen LogP contribution in [0.3, 0.4) is 0 Å². The van der Waals surface area contributed by atoms with Crippen molar-refractivity contribution in [3.8, 4) is 11.8 Å². The van der Waals surface area contributed by atoms with Gasteiger partial charge in [-0.2, -0.15) is 10.1 Å². The molecule has 1 N–H and O–H groups in total. The van der Waals surface area contributed by atoms with Crippen LogP contribution in [-0.2, 0) is 7.05 Å². The maximum atomic E-state index is 5.71. The number of hydrogen-bond donors (Lipinski definition) is 1. The molecule has 98 valence electrons. The lowest BCUT2D eigenvalue weighted by Gasteiger charge is -2.04.